The van der Waals surface area contributed by atoms with Gasteiger partial charge in [0.1, 0.15) is 5.75 Å². The topological polar surface area (TPSA) is 74.3 Å². The SMILES string of the molecule is COc1cc2c(cc1OC)CN(C(=O)COC(=O)COc1cccc(Br)c1)CC2. The van der Waals surface area contributed by atoms with Crippen molar-refractivity contribution in [3.63, 3.8) is 0 Å². The Balaban J connectivity index is 1.50. The molecule has 1 aliphatic heterocycles. The van der Waals surface area contributed by atoms with Crippen LogP contribution in [-0.2, 0) is 27.3 Å². The van der Waals surface area contributed by atoms with Gasteiger partial charge in [0.05, 0.1) is 14.2 Å². The first kappa shape index (κ1) is 21.0. The van der Waals surface area contributed by atoms with E-state index in [4.69, 9.17) is 18.9 Å². The largest absolute Gasteiger partial charge is 0.493 e. The van der Waals surface area contributed by atoms with Crippen molar-refractivity contribution >= 4 is 27.8 Å². The number of rotatable bonds is 7. The maximum atomic E-state index is 12.5. The molecule has 0 atom stereocenters. The number of benzene rings is 2. The molecule has 0 spiro atoms. The van der Waals surface area contributed by atoms with Gasteiger partial charge in [-0.05, 0) is 47.9 Å². The molecule has 0 radical (unpaired) electrons. The number of hydrogen-bond acceptors (Lipinski definition) is 6. The number of fused-ring (bicyclic) bond motifs is 1. The molecule has 7 nitrogen and oxygen atoms in total. The van der Waals surface area contributed by atoms with Gasteiger partial charge in [0, 0.05) is 17.6 Å². The van der Waals surface area contributed by atoms with E-state index in [0.29, 0.717) is 36.8 Å². The summed E-state index contributed by atoms with van der Waals surface area (Å²) in [5.74, 6) is 0.991. The highest BCUT2D eigenvalue weighted by Gasteiger charge is 2.23. The summed E-state index contributed by atoms with van der Waals surface area (Å²) in [6.45, 7) is 0.404. The molecule has 0 aromatic heterocycles. The summed E-state index contributed by atoms with van der Waals surface area (Å²) >= 11 is 3.33. The minimum Gasteiger partial charge on any atom is -0.493 e. The third kappa shape index (κ3) is 5.41. The lowest BCUT2D eigenvalue weighted by molar-refractivity contribution is -0.154. The Morgan fingerprint density at radius 1 is 1.03 bits per heavy atom. The van der Waals surface area contributed by atoms with Gasteiger partial charge in [0.25, 0.3) is 5.91 Å². The molecule has 0 aliphatic carbocycles. The van der Waals surface area contributed by atoms with Gasteiger partial charge in [-0.25, -0.2) is 4.79 Å². The van der Waals surface area contributed by atoms with E-state index in [2.05, 4.69) is 15.9 Å². The zero-order chi connectivity index (χ0) is 20.8. The lowest BCUT2D eigenvalue weighted by Gasteiger charge is -2.29. The van der Waals surface area contributed by atoms with Gasteiger partial charge in [-0.1, -0.05) is 22.0 Å². The highest BCUT2D eigenvalue weighted by atomic mass is 79.9. The zero-order valence-electron chi connectivity index (χ0n) is 16.3. The standard InChI is InChI=1S/C21H22BrNO6/c1-26-18-8-14-6-7-23(11-15(14)9-19(18)27-2)20(24)12-29-21(25)13-28-17-5-3-4-16(22)10-17/h3-5,8-10H,6-7,11-13H2,1-2H3. The van der Waals surface area contributed by atoms with Crippen LogP contribution in [-0.4, -0.2) is 50.8 Å². The summed E-state index contributed by atoms with van der Waals surface area (Å²) in [6, 6.07) is 10.9. The van der Waals surface area contributed by atoms with E-state index in [-0.39, 0.29) is 19.1 Å². The maximum absolute atomic E-state index is 12.5. The van der Waals surface area contributed by atoms with E-state index in [1.54, 1.807) is 37.3 Å². The third-order valence-electron chi connectivity index (χ3n) is 4.58. The van der Waals surface area contributed by atoms with Crippen LogP contribution in [0.5, 0.6) is 17.2 Å². The number of carbonyl (C=O) groups excluding carboxylic acids is 2. The molecular formula is C21H22BrNO6. The van der Waals surface area contributed by atoms with Crippen LogP contribution in [0.3, 0.4) is 0 Å². The van der Waals surface area contributed by atoms with Crippen molar-refractivity contribution in [2.24, 2.45) is 0 Å². The number of ether oxygens (including phenoxy) is 4. The van der Waals surface area contributed by atoms with Crippen LogP contribution in [0.2, 0.25) is 0 Å². The minimum atomic E-state index is -0.595. The summed E-state index contributed by atoms with van der Waals surface area (Å²) in [5, 5.41) is 0. The van der Waals surface area contributed by atoms with Crippen molar-refractivity contribution < 1.29 is 28.5 Å². The first-order valence-electron chi connectivity index (χ1n) is 9.05. The second-order valence-corrected chi connectivity index (χ2v) is 7.36. The van der Waals surface area contributed by atoms with Crippen LogP contribution >= 0.6 is 15.9 Å². The number of nitrogens with zero attached hydrogens (tertiary/aromatic N) is 1. The molecule has 0 fully saturated rings. The van der Waals surface area contributed by atoms with E-state index in [0.717, 1.165) is 15.6 Å². The first-order valence-corrected chi connectivity index (χ1v) is 9.85. The smallest absolute Gasteiger partial charge is 0.344 e. The van der Waals surface area contributed by atoms with Crippen molar-refractivity contribution in [3.05, 3.63) is 52.0 Å². The van der Waals surface area contributed by atoms with E-state index in [9.17, 15) is 9.59 Å². The van der Waals surface area contributed by atoms with Crippen LogP contribution < -0.4 is 14.2 Å². The average molecular weight is 464 g/mol. The van der Waals surface area contributed by atoms with Crippen molar-refractivity contribution in [2.45, 2.75) is 13.0 Å². The number of hydrogen-bond donors (Lipinski definition) is 0. The molecule has 0 unspecified atom stereocenters. The second-order valence-electron chi connectivity index (χ2n) is 6.45. The molecule has 29 heavy (non-hydrogen) atoms. The van der Waals surface area contributed by atoms with Gasteiger partial charge in [0.2, 0.25) is 0 Å². The molecule has 0 bridgehead atoms. The lowest BCUT2D eigenvalue weighted by Crippen LogP contribution is -2.39. The van der Waals surface area contributed by atoms with Crippen molar-refractivity contribution in [1.29, 1.82) is 0 Å². The molecule has 2 aromatic carbocycles. The van der Waals surface area contributed by atoms with Crippen molar-refractivity contribution in [3.8, 4) is 17.2 Å². The Bertz CT molecular complexity index is 901. The van der Waals surface area contributed by atoms with Crippen molar-refractivity contribution in [1.82, 2.24) is 4.90 Å². The molecule has 154 valence electrons. The number of halogens is 1. The Morgan fingerprint density at radius 3 is 2.45 bits per heavy atom. The van der Waals surface area contributed by atoms with E-state index >= 15 is 0 Å². The molecule has 1 aliphatic rings. The van der Waals surface area contributed by atoms with Gasteiger partial charge in [-0.15, -0.1) is 0 Å². The Morgan fingerprint density at radius 2 is 1.76 bits per heavy atom. The fraction of sp³-hybridized carbons (Fsp3) is 0.333. The number of esters is 1. The van der Waals surface area contributed by atoms with Gasteiger partial charge < -0.3 is 23.8 Å². The van der Waals surface area contributed by atoms with E-state index in [1.165, 1.54) is 0 Å². The van der Waals surface area contributed by atoms with Gasteiger partial charge in [0.15, 0.2) is 24.7 Å². The molecule has 0 saturated carbocycles. The molecular weight excluding hydrogens is 442 g/mol. The van der Waals surface area contributed by atoms with Crippen molar-refractivity contribution in [2.75, 3.05) is 34.0 Å². The Kier molecular flexibility index (Phi) is 6.98. The lowest BCUT2D eigenvalue weighted by atomic mass is 9.99. The summed E-state index contributed by atoms with van der Waals surface area (Å²) in [4.78, 5) is 26.0. The van der Waals surface area contributed by atoms with Crippen LogP contribution in [0.15, 0.2) is 40.9 Å². The summed E-state index contributed by atoms with van der Waals surface area (Å²) in [5.41, 5.74) is 2.11. The Hall–Kier alpha value is -2.74. The third-order valence-corrected chi connectivity index (χ3v) is 5.07. The number of amides is 1. The molecule has 0 saturated heterocycles. The molecule has 0 N–H and O–H groups in total. The normalized spacial score (nSPS) is 12.7. The average Bonchev–Trinajstić information content (AvgIpc) is 2.74. The van der Waals surface area contributed by atoms with Crippen LogP contribution in [0.1, 0.15) is 11.1 Å². The van der Waals surface area contributed by atoms with E-state index < -0.39 is 5.97 Å². The van der Waals surface area contributed by atoms with Gasteiger partial charge in [-0.2, -0.15) is 0 Å². The minimum absolute atomic E-state index is 0.249. The predicted molar refractivity (Wildman–Crippen MR) is 109 cm³/mol. The molecule has 8 heteroatoms. The molecule has 3 rings (SSSR count). The van der Waals surface area contributed by atoms with E-state index in [1.807, 2.05) is 18.2 Å². The highest BCUT2D eigenvalue weighted by molar-refractivity contribution is 9.10. The predicted octanol–water partition coefficient (Wildman–Crippen LogP) is 2.97. The van der Waals surface area contributed by atoms with Gasteiger partial charge in [-0.3, -0.25) is 4.79 Å². The highest BCUT2D eigenvalue weighted by Crippen LogP contribution is 2.33. The van der Waals surface area contributed by atoms with Crippen LogP contribution in [0.25, 0.3) is 0 Å². The number of carbonyl (C=O) groups is 2. The summed E-state index contributed by atoms with van der Waals surface area (Å²) in [6.07, 6.45) is 0.696. The first-order chi connectivity index (χ1) is 14.0. The molecule has 1 amide bonds. The molecule has 2 aromatic rings. The van der Waals surface area contributed by atoms with Crippen LogP contribution in [0, 0.1) is 0 Å². The summed E-state index contributed by atoms with van der Waals surface area (Å²) in [7, 11) is 3.17. The molecule has 1 heterocycles. The summed E-state index contributed by atoms with van der Waals surface area (Å²) < 4.78 is 21.9. The quantitative estimate of drug-likeness (QED) is 0.587. The van der Waals surface area contributed by atoms with Gasteiger partial charge >= 0.3 is 5.97 Å². The monoisotopic (exact) mass is 463 g/mol. The maximum Gasteiger partial charge on any atom is 0.344 e. The zero-order valence-corrected chi connectivity index (χ0v) is 17.9. The fourth-order valence-corrected chi connectivity index (χ4v) is 3.45. The second kappa shape index (κ2) is 9.65. The van der Waals surface area contributed by atoms with Crippen LogP contribution in [0.4, 0.5) is 0 Å². The Labute approximate surface area is 177 Å². The fourth-order valence-electron chi connectivity index (χ4n) is 3.07. The number of methoxy groups -OCH3 is 2.